The molecule has 1 aromatic heterocycles. The molecule has 4 nitrogen and oxygen atoms in total. The number of nitrogens with zero attached hydrogens (tertiary/aromatic N) is 1. The van der Waals surface area contributed by atoms with Crippen molar-refractivity contribution in [1.82, 2.24) is 5.43 Å². The van der Waals surface area contributed by atoms with Crippen LogP contribution in [0.15, 0.2) is 64.1 Å². The van der Waals surface area contributed by atoms with Gasteiger partial charge in [-0.2, -0.15) is 5.10 Å². The van der Waals surface area contributed by atoms with Gasteiger partial charge in [0.2, 0.25) is 0 Å². The highest BCUT2D eigenvalue weighted by atomic mass is 35.5. The van der Waals surface area contributed by atoms with Crippen molar-refractivity contribution in [3.63, 3.8) is 0 Å². The van der Waals surface area contributed by atoms with E-state index in [1.807, 2.05) is 0 Å². The van der Waals surface area contributed by atoms with Crippen molar-refractivity contribution >= 4 is 35.3 Å². The van der Waals surface area contributed by atoms with Crippen molar-refractivity contribution in [3.05, 3.63) is 81.8 Å². The lowest BCUT2D eigenvalue weighted by atomic mass is 10.2. The Morgan fingerprint density at radius 3 is 2.72 bits per heavy atom. The lowest BCUT2D eigenvalue weighted by Gasteiger charge is -2.02. The summed E-state index contributed by atoms with van der Waals surface area (Å²) in [5.74, 6) is -0.0953. The van der Waals surface area contributed by atoms with Crippen LogP contribution in [0.5, 0.6) is 0 Å². The van der Waals surface area contributed by atoms with Gasteiger partial charge in [-0.15, -0.1) is 0 Å². The minimum absolute atomic E-state index is 0.169. The minimum Gasteiger partial charge on any atom is -0.455 e. The highest BCUT2D eigenvalue weighted by Crippen LogP contribution is 2.34. The maximum Gasteiger partial charge on any atom is 0.271 e. The Balaban J connectivity index is 1.70. The van der Waals surface area contributed by atoms with Gasteiger partial charge < -0.3 is 4.42 Å². The van der Waals surface area contributed by atoms with Gasteiger partial charge in [0.15, 0.2) is 0 Å². The van der Waals surface area contributed by atoms with E-state index < -0.39 is 11.7 Å². The van der Waals surface area contributed by atoms with Gasteiger partial charge in [-0.05, 0) is 42.5 Å². The first-order chi connectivity index (χ1) is 12.0. The quantitative estimate of drug-likeness (QED) is 0.505. The second-order valence-corrected chi connectivity index (χ2v) is 5.80. The summed E-state index contributed by atoms with van der Waals surface area (Å²) in [6.07, 6.45) is 1.33. The Morgan fingerprint density at radius 1 is 1.12 bits per heavy atom. The molecule has 0 radical (unpaired) electrons. The third-order valence-electron chi connectivity index (χ3n) is 3.29. The molecule has 0 atom stereocenters. The normalized spacial score (nSPS) is 11.0. The zero-order chi connectivity index (χ0) is 17.8. The lowest BCUT2D eigenvalue weighted by Crippen LogP contribution is -2.17. The van der Waals surface area contributed by atoms with Gasteiger partial charge >= 0.3 is 0 Å². The molecule has 1 heterocycles. The van der Waals surface area contributed by atoms with E-state index in [2.05, 4.69) is 10.5 Å². The third kappa shape index (κ3) is 4.07. The first kappa shape index (κ1) is 17.2. The maximum atomic E-state index is 13.1. The van der Waals surface area contributed by atoms with Gasteiger partial charge in [0, 0.05) is 11.1 Å². The molecule has 1 N–H and O–H groups in total. The number of rotatable bonds is 4. The van der Waals surface area contributed by atoms with Crippen LogP contribution in [-0.4, -0.2) is 12.1 Å². The molecular formula is C18H11Cl2FN2O2. The van der Waals surface area contributed by atoms with Crippen molar-refractivity contribution in [2.24, 2.45) is 5.10 Å². The van der Waals surface area contributed by atoms with Crippen LogP contribution >= 0.6 is 23.2 Å². The standard InChI is InChI=1S/C18H11Cl2FN2O2/c19-15-6-2-5-14(17(15)20)16-8-7-13(25-16)10-22-23-18(24)11-3-1-4-12(21)9-11/h1-10H,(H,23,24)/b22-10-. The van der Waals surface area contributed by atoms with Gasteiger partial charge in [0.05, 0.1) is 16.3 Å². The summed E-state index contributed by atoms with van der Waals surface area (Å²) in [6, 6.07) is 13.9. The van der Waals surface area contributed by atoms with Gasteiger partial charge in [-0.25, -0.2) is 9.82 Å². The van der Waals surface area contributed by atoms with E-state index >= 15 is 0 Å². The molecule has 0 aliphatic rings. The van der Waals surface area contributed by atoms with Crippen LogP contribution in [-0.2, 0) is 0 Å². The predicted molar refractivity (Wildman–Crippen MR) is 95.6 cm³/mol. The Kier molecular flexibility index (Phi) is 5.16. The maximum absolute atomic E-state index is 13.1. The van der Waals surface area contributed by atoms with Crippen molar-refractivity contribution < 1.29 is 13.6 Å². The number of hydrazone groups is 1. The molecule has 1 amide bonds. The zero-order valence-electron chi connectivity index (χ0n) is 12.7. The summed E-state index contributed by atoms with van der Waals surface area (Å²) >= 11 is 12.1. The van der Waals surface area contributed by atoms with E-state index in [4.69, 9.17) is 27.6 Å². The highest BCUT2D eigenvalue weighted by molar-refractivity contribution is 6.43. The molecular weight excluding hydrogens is 366 g/mol. The third-order valence-corrected chi connectivity index (χ3v) is 4.11. The topological polar surface area (TPSA) is 54.6 Å². The van der Waals surface area contributed by atoms with Crippen LogP contribution in [0.2, 0.25) is 10.0 Å². The van der Waals surface area contributed by atoms with E-state index in [1.54, 1.807) is 30.3 Å². The average Bonchev–Trinajstić information content (AvgIpc) is 3.06. The largest absolute Gasteiger partial charge is 0.455 e. The molecule has 7 heteroatoms. The van der Waals surface area contributed by atoms with E-state index in [9.17, 15) is 9.18 Å². The molecule has 3 rings (SSSR count). The molecule has 0 saturated carbocycles. The number of nitrogens with one attached hydrogen (secondary N) is 1. The predicted octanol–water partition coefficient (Wildman–Crippen LogP) is 5.16. The van der Waals surface area contributed by atoms with Crippen LogP contribution in [0.1, 0.15) is 16.1 Å². The summed E-state index contributed by atoms with van der Waals surface area (Å²) in [5, 5.41) is 4.61. The first-order valence-corrected chi connectivity index (χ1v) is 7.93. The van der Waals surface area contributed by atoms with Crippen molar-refractivity contribution in [3.8, 4) is 11.3 Å². The Bertz CT molecular complexity index is 954. The molecule has 0 bridgehead atoms. The minimum atomic E-state index is -0.527. The number of furan rings is 1. The fourth-order valence-corrected chi connectivity index (χ4v) is 2.50. The number of carbonyl (C=O) groups excluding carboxylic acids is 1. The SMILES string of the molecule is O=C(N/N=C\c1ccc(-c2cccc(Cl)c2Cl)o1)c1cccc(F)c1. The summed E-state index contributed by atoms with van der Waals surface area (Å²) < 4.78 is 18.7. The van der Waals surface area contributed by atoms with Crippen LogP contribution in [0.25, 0.3) is 11.3 Å². The molecule has 0 aliphatic heterocycles. The monoisotopic (exact) mass is 376 g/mol. The fourth-order valence-electron chi connectivity index (χ4n) is 2.11. The smallest absolute Gasteiger partial charge is 0.271 e. The van der Waals surface area contributed by atoms with Gasteiger partial charge in [0.1, 0.15) is 17.3 Å². The molecule has 2 aromatic carbocycles. The van der Waals surface area contributed by atoms with Crippen LogP contribution in [0.4, 0.5) is 4.39 Å². The molecule has 0 saturated heterocycles. The van der Waals surface area contributed by atoms with Gasteiger partial charge in [-0.1, -0.05) is 35.3 Å². The molecule has 126 valence electrons. The van der Waals surface area contributed by atoms with E-state index in [-0.39, 0.29) is 5.56 Å². The second kappa shape index (κ2) is 7.51. The molecule has 0 fully saturated rings. The van der Waals surface area contributed by atoms with Crippen molar-refractivity contribution in [1.29, 1.82) is 0 Å². The van der Waals surface area contributed by atoms with Gasteiger partial charge in [-0.3, -0.25) is 4.79 Å². The highest BCUT2D eigenvalue weighted by Gasteiger charge is 2.10. The Hall–Kier alpha value is -2.63. The number of benzene rings is 2. The summed E-state index contributed by atoms with van der Waals surface area (Å²) in [5.41, 5.74) is 3.12. The Morgan fingerprint density at radius 2 is 1.92 bits per heavy atom. The number of halogens is 3. The number of carbonyl (C=O) groups is 1. The summed E-state index contributed by atoms with van der Waals surface area (Å²) in [7, 11) is 0. The number of amides is 1. The first-order valence-electron chi connectivity index (χ1n) is 7.18. The molecule has 0 unspecified atom stereocenters. The zero-order valence-corrected chi connectivity index (χ0v) is 14.2. The van der Waals surface area contributed by atoms with Gasteiger partial charge in [0.25, 0.3) is 5.91 Å². The molecule has 3 aromatic rings. The molecule has 0 aliphatic carbocycles. The van der Waals surface area contributed by atoms with E-state index in [0.717, 1.165) is 6.07 Å². The second-order valence-electron chi connectivity index (χ2n) is 5.01. The molecule has 25 heavy (non-hydrogen) atoms. The van der Waals surface area contributed by atoms with Crippen LogP contribution in [0, 0.1) is 5.82 Å². The van der Waals surface area contributed by atoms with Crippen molar-refractivity contribution in [2.75, 3.05) is 0 Å². The van der Waals surface area contributed by atoms with Crippen LogP contribution < -0.4 is 5.43 Å². The number of hydrogen-bond acceptors (Lipinski definition) is 3. The number of hydrogen-bond donors (Lipinski definition) is 1. The summed E-state index contributed by atoms with van der Waals surface area (Å²) in [6.45, 7) is 0. The average molecular weight is 377 g/mol. The lowest BCUT2D eigenvalue weighted by molar-refractivity contribution is 0.0954. The van der Waals surface area contributed by atoms with Crippen molar-refractivity contribution in [2.45, 2.75) is 0 Å². The molecule has 0 spiro atoms. The fraction of sp³-hybridized carbons (Fsp3) is 0. The van der Waals surface area contributed by atoms with Crippen LogP contribution in [0.3, 0.4) is 0 Å². The summed E-state index contributed by atoms with van der Waals surface area (Å²) in [4.78, 5) is 11.8. The Labute approximate surface area is 152 Å². The van der Waals surface area contributed by atoms with E-state index in [0.29, 0.717) is 27.1 Å². The van der Waals surface area contributed by atoms with E-state index in [1.165, 1.54) is 24.4 Å².